The number of anilines is 1. The van der Waals surface area contributed by atoms with Crippen LogP contribution in [0.15, 0.2) is 29.0 Å². The molecule has 0 fully saturated rings. The maximum absolute atomic E-state index is 13.4. The highest BCUT2D eigenvalue weighted by molar-refractivity contribution is 5.95. The van der Waals surface area contributed by atoms with Crippen LogP contribution in [0.2, 0.25) is 0 Å². The van der Waals surface area contributed by atoms with Crippen molar-refractivity contribution in [1.29, 1.82) is 0 Å². The summed E-state index contributed by atoms with van der Waals surface area (Å²) in [6.45, 7) is 1.77. The zero-order valence-electron chi connectivity index (χ0n) is 9.74. The number of benzene rings is 1. The quantitative estimate of drug-likeness (QED) is 0.810. The summed E-state index contributed by atoms with van der Waals surface area (Å²) in [5, 5.41) is 6.23. The average molecular weight is 249 g/mol. The van der Waals surface area contributed by atoms with Gasteiger partial charge in [0.25, 0.3) is 5.91 Å². The largest absolute Gasteiger partial charge is 0.398 e. The van der Waals surface area contributed by atoms with Gasteiger partial charge in [0.1, 0.15) is 17.8 Å². The third-order valence-corrected chi connectivity index (χ3v) is 2.57. The van der Waals surface area contributed by atoms with Gasteiger partial charge in [-0.1, -0.05) is 5.16 Å². The molecule has 18 heavy (non-hydrogen) atoms. The number of amides is 1. The van der Waals surface area contributed by atoms with Crippen molar-refractivity contribution in [3.05, 3.63) is 47.1 Å². The van der Waals surface area contributed by atoms with E-state index in [1.807, 2.05) is 0 Å². The predicted octanol–water partition coefficient (Wildman–Crippen LogP) is 1.63. The van der Waals surface area contributed by atoms with Crippen molar-refractivity contribution in [3.8, 4) is 0 Å². The van der Waals surface area contributed by atoms with Gasteiger partial charge in [-0.3, -0.25) is 4.79 Å². The number of nitrogens with one attached hydrogen (secondary N) is 1. The molecule has 6 heteroatoms. The molecule has 5 nitrogen and oxygen atoms in total. The van der Waals surface area contributed by atoms with Gasteiger partial charge in [-0.2, -0.15) is 0 Å². The SMILES string of the molecule is Cc1c(N)cc(C(=O)NCc2ccon2)cc1F. The Morgan fingerprint density at radius 1 is 1.56 bits per heavy atom. The van der Waals surface area contributed by atoms with Crippen LogP contribution in [0.3, 0.4) is 0 Å². The van der Waals surface area contributed by atoms with Crippen molar-refractivity contribution in [1.82, 2.24) is 10.5 Å². The van der Waals surface area contributed by atoms with Crippen molar-refractivity contribution in [2.75, 3.05) is 5.73 Å². The Kier molecular flexibility index (Phi) is 3.27. The van der Waals surface area contributed by atoms with E-state index in [2.05, 4.69) is 15.0 Å². The van der Waals surface area contributed by atoms with Crippen LogP contribution in [0.1, 0.15) is 21.6 Å². The molecule has 0 bridgehead atoms. The molecule has 94 valence electrons. The number of hydrogen-bond acceptors (Lipinski definition) is 4. The minimum atomic E-state index is -0.499. The Hall–Kier alpha value is -2.37. The highest BCUT2D eigenvalue weighted by atomic mass is 19.1. The number of halogens is 1. The molecular formula is C12H12FN3O2. The van der Waals surface area contributed by atoms with Gasteiger partial charge in [0, 0.05) is 22.9 Å². The number of nitrogen functional groups attached to an aromatic ring is 1. The van der Waals surface area contributed by atoms with Crippen LogP contribution < -0.4 is 11.1 Å². The van der Waals surface area contributed by atoms with E-state index in [-0.39, 0.29) is 17.8 Å². The maximum Gasteiger partial charge on any atom is 0.251 e. The van der Waals surface area contributed by atoms with Gasteiger partial charge in [0.2, 0.25) is 0 Å². The molecule has 1 aromatic heterocycles. The van der Waals surface area contributed by atoms with Crippen molar-refractivity contribution < 1.29 is 13.7 Å². The van der Waals surface area contributed by atoms with Gasteiger partial charge in [-0.15, -0.1) is 0 Å². The molecule has 0 saturated carbocycles. The monoisotopic (exact) mass is 249 g/mol. The van der Waals surface area contributed by atoms with E-state index in [1.165, 1.54) is 12.3 Å². The third kappa shape index (κ3) is 2.48. The number of carbonyl (C=O) groups excluding carboxylic acids is 1. The summed E-state index contributed by atoms with van der Waals surface area (Å²) in [7, 11) is 0. The fourth-order valence-electron chi connectivity index (χ4n) is 1.43. The predicted molar refractivity (Wildman–Crippen MR) is 63.2 cm³/mol. The summed E-state index contributed by atoms with van der Waals surface area (Å²) in [4.78, 5) is 11.8. The van der Waals surface area contributed by atoms with Crippen molar-refractivity contribution in [3.63, 3.8) is 0 Å². The van der Waals surface area contributed by atoms with E-state index in [4.69, 9.17) is 5.73 Å². The molecule has 0 radical (unpaired) electrons. The van der Waals surface area contributed by atoms with E-state index in [0.717, 1.165) is 6.07 Å². The number of carbonyl (C=O) groups is 1. The van der Waals surface area contributed by atoms with Gasteiger partial charge in [-0.25, -0.2) is 4.39 Å². The molecule has 0 atom stereocenters. The average Bonchev–Trinajstić information content (AvgIpc) is 2.85. The molecule has 0 saturated heterocycles. The zero-order chi connectivity index (χ0) is 13.1. The number of rotatable bonds is 3. The van der Waals surface area contributed by atoms with Crippen molar-refractivity contribution >= 4 is 11.6 Å². The van der Waals surface area contributed by atoms with E-state index in [1.54, 1.807) is 13.0 Å². The van der Waals surface area contributed by atoms with Crippen LogP contribution >= 0.6 is 0 Å². The number of hydrogen-bond donors (Lipinski definition) is 2. The van der Waals surface area contributed by atoms with Gasteiger partial charge < -0.3 is 15.6 Å². The summed E-state index contributed by atoms with van der Waals surface area (Å²) in [6, 6.07) is 4.23. The summed E-state index contributed by atoms with van der Waals surface area (Å²) < 4.78 is 18.1. The zero-order valence-corrected chi connectivity index (χ0v) is 9.74. The highest BCUT2D eigenvalue weighted by Gasteiger charge is 2.11. The van der Waals surface area contributed by atoms with Gasteiger partial charge >= 0.3 is 0 Å². The fourth-order valence-corrected chi connectivity index (χ4v) is 1.43. The van der Waals surface area contributed by atoms with Crippen LogP contribution in [0.5, 0.6) is 0 Å². The van der Waals surface area contributed by atoms with Crippen LogP contribution in [0, 0.1) is 12.7 Å². The Morgan fingerprint density at radius 2 is 2.33 bits per heavy atom. The molecule has 1 amide bonds. The lowest BCUT2D eigenvalue weighted by Gasteiger charge is -2.07. The van der Waals surface area contributed by atoms with E-state index < -0.39 is 11.7 Å². The Balaban J connectivity index is 2.09. The first kappa shape index (κ1) is 12.1. The lowest BCUT2D eigenvalue weighted by Crippen LogP contribution is -2.23. The maximum atomic E-state index is 13.4. The van der Waals surface area contributed by atoms with Crippen molar-refractivity contribution in [2.24, 2.45) is 0 Å². The minimum absolute atomic E-state index is 0.180. The van der Waals surface area contributed by atoms with E-state index in [9.17, 15) is 9.18 Å². The topological polar surface area (TPSA) is 81.2 Å². The van der Waals surface area contributed by atoms with Crippen LogP contribution in [0.25, 0.3) is 0 Å². The Bertz CT molecular complexity index is 544. The number of nitrogens with zero attached hydrogens (tertiary/aromatic N) is 1. The van der Waals surface area contributed by atoms with Crippen LogP contribution in [0.4, 0.5) is 10.1 Å². The molecular weight excluding hydrogens is 237 g/mol. The van der Waals surface area contributed by atoms with Crippen molar-refractivity contribution in [2.45, 2.75) is 13.5 Å². The highest BCUT2D eigenvalue weighted by Crippen LogP contribution is 2.17. The molecule has 1 aromatic carbocycles. The Morgan fingerprint density at radius 3 is 2.94 bits per heavy atom. The number of nitrogens with two attached hydrogens (primary N) is 1. The van der Waals surface area contributed by atoms with Crippen LogP contribution in [-0.2, 0) is 6.54 Å². The van der Waals surface area contributed by atoms with Gasteiger partial charge in [0.15, 0.2) is 0 Å². The van der Waals surface area contributed by atoms with E-state index in [0.29, 0.717) is 11.3 Å². The first-order valence-electron chi connectivity index (χ1n) is 5.31. The molecule has 0 unspecified atom stereocenters. The minimum Gasteiger partial charge on any atom is -0.398 e. The summed E-state index contributed by atoms with van der Waals surface area (Å²) in [5.41, 5.74) is 6.96. The second kappa shape index (κ2) is 4.87. The first-order chi connectivity index (χ1) is 8.58. The normalized spacial score (nSPS) is 10.3. The Labute approximate surface area is 103 Å². The summed E-state index contributed by atoms with van der Waals surface area (Å²) >= 11 is 0. The summed E-state index contributed by atoms with van der Waals surface area (Å²) in [5.74, 6) is -0.912. The van der Waals surface area contributed by atoms with Gasteiger partial charge in [-0.05, 0) is 19.1 Å². The molecule has 2 rings (SSSR count). The first-order valence-corrected chi connectivity index (χ1v) is 5.31. The molecule has 0 spiro atoms. The lowest BCUT2D eigenvalue weighted by atomic mass is 10.1. The molecule has 3 N–H and O–H groups in total. The smallest absolute Gasteiger partial charge is 0.251 e. The molecule has 0 aliphatic carbocycles. The molecule has 2 aromatic rings. The lowest BCUT2D eigenvalue weighted by molar-refractivity contribution is 0.0949. The second-order valence-corrected chi connectivity index (χ2v) is 3.85. The molecule has 0 aliphatic rings. The van der Waals surface area contributed by atoms with Crippen LogP contribution in [-0.4, -0.2) is 11.1 Å². The van der Waals surface area contributed by atoms with Gasteiger partial charge in [0.05, 0.1) is 6.54 Å². The number of aromatic nitrogens is 1. The molecule has 1 heterocycles. The standard InChI is InChI=1S/C12H12FN3O2/c1-7-10(13)4-8(5-11(7)14)12(17)15-6-9-2-3-18-16-9/h2-5H,6,14H2,1H3,(H,15,17). The third-order valence-electron chi connectivity index (χ3n) is 2.57. The van der Waals surface area contributed by atoms with E-state index >= 15 is 0 Å². The summed E-state index contributed by atoms with van der Waals surface area (Å²) in [6.07, 6.45) is 1.41. The second-order valence-electron chi connectivity index (χ2n) is 3.85. The fraction of sp³-hybridized carbons (Fsp3) is 0.167. The molecule has 0 aliphatic heterocycles.